The van der Waals surface area contributed by atoms with Crippen LogP contribution >= 0.6 is 0 Å². The minimum Gasteiger partial charge on any atom is -0.497 e. The number of hydrogen-bond donors (Lipinski definition) is 1. The second kappa shape index (κ2) is 9.64. The average Bonchev–Trinajstić information content (AvgIpc) is 2.83. The molecule has 0 saturated heterocycles. The van der Waals surface area contributed by atoms with Gasteiger partial charge in [0.05, 0.1) is 19.0 Å². The van der Waals surface area contributed by atoms with Gasteiger partial charge in [0.15, 0.2) is 0 Å². The Hall–Kier alpha value is -3.67. The number of amides is 2. The van der Waals surface area contributed by atoms with E-state index < -0.39 is 0 Å². The first-order valence-corrected chi connectivity index (χ1v) is 11.0. The minimum atomic E-state index is -0.219. The van der Waals surface area contributed by atoms with Crippen LogP contribution in [0.2, 0.25) is 0 Å². The summed E-state index contributed by atoms with van der Waals surface area (Å²) in [6.45, 7) is 2.60. The highest BCUT2D eigenvalue weighted by Gasteiger charge is 2.32. The number of unbranched alkanes of at least 4 members (excludes halogenated alkanes) is 3. The van der Waals surface area contributed by atoms with E-state index in [4.69, 9.17) is 4.74 Å². The van der Waals surface area contributed by atoms with E-state index in [1.54, 1.807) is 25.5 Å². The Balaban J connectivity index is 1.59. The van der Waals surface area contributed by atoms with E-state index in [0.29, 0.717) is 23.1 Å². The summed E-state index contributed by atoms with van der Waals surface area (Å²) >= 11 is 0. The van der Waals surface area contributed by atoms with E-state index in [-0.39, 0.29) is 11.8 Å². The maximum atomic E-state index is 13.1. The molecule has 0 atom stereocenters. The Kier molecular flexibility index (Phi) is 6.50. The predicted octanol–water partition coefficient (Wildman–Crippen LogP) is 5.47. The number of anilines is 1. The number of ether oxygens (including phenoxy) is 1. The molecule has 0 fully saturated rings. The quantitative estimate of drug-likeness (QED) is 0.212. The van der Waals surface area contributed by atoms with Gasteiger partial charge >= 0.3 is 0 Å². The first kappa shape index (κ1) is 21.6. The smallest absolute Gasteiger partial charge is 0.261 e. The number of hydrogen-bond acceptors (Lipinski definition) is 5. The van der Waals surface area contributed by atoms with Crippen LogP contribution < -0.4 is 10.2 Å². The van der Waals surface area contributed by atoms with Gasteiger partial charge in [0, 0.05) is 28.4 Å². The Morgan fingerprint density at radius 3 is 2.41 bits per heavy atom. The van der Waals surface area contributed by atoms with Gasteiger partial charge < -0.3 is 4.74 Å². The van der Waals surface area contributed by atoms with Gasteiger partial charge in [-0.3, -0.25) is 19.9 Å². The second-order valence-corrected chi connectivity index (χ2v) is 7.85. The number of carbonyl (C=O) groups is 2. The third-order valence-electron chi connectivity index (χ3n) is 5.74. The summed E-state index contributed by atoms with van der Waals surface area (Å²) in [6, 6.07) is 16.7. The van der Waals surface area contributed by atoms with E-state index >= 15 is 0 Å². The third kappa shape index (κ3) is 4.21. The molecule has 0 radical (unpaired) electrons. The largest absolute Gasteiger partial charge is 0.497 e. The Labute approximate surface area is 187 Å². The van der Waals surface area contributed by atoms with Gasteiger partial charge in [-0.1, -0.05) is 38.3 Å². The van der Waals surface area contributed by atoms with Crippen molar-refractivity contribution in [2.75, 3.05) is 19.1 Å². The van der Waals surface area contributed by atoms with E-state index in [1.165, 1.54) is 4.90 Å². The van der Waals surface area contributed by atoms with Crippen LogP contribution in [0, 0.1) is 0 Å². The fourth-order valence-corrected chi connectivity index (χ4v) is 4.01. The molecule has 2 amide bonds. The lowest BCUT2D eigenvalue weighted by Gasteiger charge is -2.27. The van der Waals surface area contributed by atoms with E-state index in [0.717, 1.165) is 48.1 Å². The lowest BCUT2D eigenvalue weighted by atomic mass is 9.93. The first-order chi connectivity index (χ1) is 15.6. The number of nitrogens with zero attached hydrogens (tertiary/aromatic N) is 2. The molecule has 1 heterocycles. The molecule has 32 heavy (non-hydrogen) atoms. The van der Waals surface area contributed by atoms with Gasteiger partial charge in [0.2, 0.25) is 0 Å². The maximum absolute atomic E-state index is 13.1. The van der Waals surface area contributed by atoms with Crippen molar-refractivity contribution >= 4 is 34.5 Å². The standard InChI is InChI=1S/C26H27N3O3/c1-3-4-5-6-16-29-25(30)21-9-7-8-20-23(15-14-22(24(20)21)26(29)31)28-27-17-18-10-12-19(32-2)13-11-18/h7-15,17,28H,3-6,16H2,1-2H3/b27-17+. The lowest BCUT2D eigenvalue weighted by molar-refractivity contribution is 0.0608. The molecule has 1 aliphatic heterocycles. The van der Waals surface area contributed by atoms with Crippen molar-refractivity contribution in [3.8, 4) is 5.75 Å². The van der Waals surface area contributed by atoms with Gasteiger partial charge in [0.25, 0.3) is 11.8 Å². The molecule has 164 valence electrons. The van der Waals surface area contributed by atoms with Crippen LogP contribution in [0.25, 0.3) is 10.8 Å². The fourth-order valence-electron chi connectivity index (χ4n) is 4.01. The van der Waals surface area contributed by atoms with Crippen molar-refractivity contribution < 1.29 is 14.3 Å². The number of carbonyl (C=O) groups excluding carboxylic acids is 2. The van der Waals surface area contributed by atoms with Gasteiger partial charge in [-0.15, -0.1) is 0 Å². The van der Waals surface area contributed by atoms with Crippen LogP contribution in [0.5, 0.6) is 5.75 Å². The Morgan fingerprint density at radius 1 is 0.938 bits per heavy atom. The van der Waals surface area contributed by atoms with Crippen LogP contribution in [-0.4, -0.2) is 36.6 Å². The van der Waals surface area contributed by atoms with Gasteiger partial charge in [0.1, 0.15) is 5.75 Å². The van der Waals surface area contributed by atoms with Crippen molar-refractivity contribution in [3.05, 3.63) is 71.3 Å². The third-order valence-corrected chi connectivity index (χ3v) is 5.74. The summed E-state index contributed by atoms with van der Waals surface area (Å²) in [4.78, 5) is 27.6. The number of hydrazone groups is 1. The van der Waals surface area contributed by atoms with Crippen molar-refractivity contribution in [2.45, 2.75) is 32.6 Å². The van der Waals surface area contributed by atoms with Crippen molar-refractivity contribution in [3.63, 3.8) is 0 Å². The highest BCUT2D eigenvalue weighted by atomic mass is 16.5. The number of nitrogens with one attached hydrogen (secondary N) is 1. The van der Waals surface area contributed by atoms with E-state index in [9.17, 15) is 9.59 Å². The molecule has 0 spiro atoms. The molecule has 6 nitrogen and oxygen atoms in total. The molecule has 0 saturated carbocycles. The molecule has 0 aromatic heterocycles. The zero-order valence-electron chi connectivity index (χ0n) is 18.4. The molecule has 0 bridgehead atoms. The highest BCUT2D eigenvalue weighted by molar-refractivity contribution is 6.26. The molecule has 1 aliphatic rings. The summed E-state index contributed by atoms with van der Waals surface area (Å²) < 4.78 is 5.17. The number of rotatable bonds is 9. The molecule has 4 rings (SSSR count). The monoisotopic (exact) mass is 429 g/mol. The Morgan fingerprint density at radius 2 is 1.69 bits per heavy atom. The number of benzene rings is 3. The molecule has 1 N–H and O–H groups in total. The van der Waals surface area contributed by atoms with Crippen molar-refractivity contribution in [1.29, 1.82) is 0 Å². The highest BCUT2D eigenvalue weighted by Crippen LogP contribution is 2.34. The number of methoxy groups -OCH3 is 1. The summed E-state index contributed by atoms with van der Waals surface area (Å²) in [5, 5.41) is 5.83. The normalized spacial score (nSPS) is 13.2. The van der Waals surface area contributed by atoms with E-state index in [1.807, 2.05) is 42.5 Å². The molecule has 3 aromatic rings. The van der Waals surface area contributed by atoms with Crippen LogP contribution in [0.15, 0.2) is 59.7 Å². The van der Waals surface area contributed by atoms with Gasteiger partial charge in [-0.25, -0.2) is 0 Å². The lowest BCUT2D eigenvalue weighted by Crippen LogP contribution is -2.40. The summed E-state index contributed by atoms with van der Waals surface area (Å²) in [6.07, 6.45) is 5.77. The fraction of sp³-hybridized carbons (Fsp3) is 0.269. The van der Waals surface area contributed by atoms with Crippen LogP contribution in [-0.2, 0) is 0 Å². The van der Waals surface area contributed by atoms with E-state index in [2.05, 4.69) is 17.5 Å². The predicted molar refractivity (Wildman–Crippen MR) is 128 cm³/mol. The van der Waals surface area contributed by atoms with Crippen LogP contribution in [0.1, 0.15) is 58.9 Å². The number of imide groups is 1. The zero-order valence-corrected chi connectivity index (χ0v) is 18.4. The summed E-state index contributed by atoms with van der Waals surface area (Å²) in [5.41, 5.74) is 5.85. The second-order valence-electron chi connectivity index (χ2n) is 7.85. The zero-order chi connectivity index (χ0) is 22.5. The summed E-state index contributed by atoms with van der Waals surface area (Å²) in [7, 11) is 1.63. The van der Waals surface area contributed by atoms with Crippen molar-refractivity contribution in [1.82, 2.24) is 4.90 Å². The van der Waals surface area contributed by atoms with Crippen LogP contribution in [0.3, 0.4) is 0 Å². The van der Waals surface area contributed by atoms with Gasteiger partial charge in [-0.05, 0) is 54.4 Å². The Bertz CT molecular complexity index is 1150. The molecule has 3 aromatic carbocycles. The van der Waals surface area contributed by atoms with Gasteiger partial charge in [-0.2, -0.15) is 5.10 Å². The minimum absolute atomic E-state index is 0.219. The molecule has 6 heteroatoms. The topological polar surface area (TPSA) is 71.0 Å². The average molecular weight is 430 g/mol. The first-order valence-electron chi connectivity index (χ1n) is 11.0. The molecular weight excluding hydrogens is 402 g/mol. The van der Waals surface area contributed by atoms with Crippen LogP contribution in [0.4, 0.5) is 5.69 Å². The molecular formula is C26H27N3O3. The molecule has 0 unspecified atom stereocenters. The summed E-state index contributed by atoms with van der Waals surface area (Å²) in [5.74, 6) is 0.347. The molecule has 0 aliphatic carbocycles. The maximum Gasteiger partial charge on any atom is 0.261 e. The van der Waals surface area contributed by atoms with Crippen molar-refractivity contribution in [2.24, 2.45) is 5.10 Å². The SMILES string of the molecule is CCCCCCN1C(=O)c2cccc3c(N/N=C/c4ccc(OC)cc4)ccc(c23)C1=O.